The summed E-state index contributed by atoms with van der Waals surface area (Å²) in [5.41, 5.74) is 5.41. The average Bonchev–Trinajstić information content (AvgIpc) is 3.12. The molecule has 8 heteroatoms. The SMILES string of the molecule is CN(C)Cc1ccc(N/C(=C2\C(=O)Nc3cc(F)ccc32)c2ccc(N(C)CC(=O)O)cc2)cc1. The van der Waals surface area contributed by atoms with Gasteiger partial charge in [0.25, 0.3) is 5.91 Å². The molecule has 4 rings (SSSR count). The van der Waals surface area contributed by atoms with Gasteiger partial charge >= 0.3 is 5.97 Å². The highest BCUT2D eigenvalue weighted by molar-refractivity contribution is 6.37. The first-order valence-electron chi connectivity index (χ1n) is 11.1. The molecule has 0 unspecified atom stereocenters. The van der Waals surface area contributed by atoms with Gasteiger partial charge < -0.3 is 25.5 Å². The molecule has 0 atom stereocenters. The number of hydrogen-bond donors (Lipinski definition) is 3. The van der Waals surface area contributed by atoms with Gasteiger partial charge in [-0.3, -0.25) is 9.59 Å². The third kappa shape index (κ3) is 5.50. The normalized spacial score (nSPS) is 13.9. The molecule has 1 heterocycles. The molecule has 1 aliphatic rings. The van der Waals surface area contributed by atoms with Crippen molar-refractivity contribution < 1.29 is 19.1 Å². The molecule has 1 amide bonds. The number of anilines is 3. The van der Waals surface area contributed by atoms with Gasteiger partial charge in [-0.15, -0.1) is 0 Å². The fraction of sp³-hybridized carbons (Fsp3) is 0.185. The van der Waals surface area contributed by atoms with Crippen molar-refractivity contribution >= 4 is 40.2 Å². The number of aliphatic carboxylic acids is 1. The van der Waals surface area contributed by atoms with Gasteiger partial charge in [0.05, 0.1) is 17.0 Å². The van der Waals surface area contributed by atoms with E-state index in [4.69, 9.17) is 5.11 Å². The standard InChI is InChI=1S/C27H27FN4O3/c1-31(2)15-17-4-9-20(10-5-17)29-26(18-6-11-21(12-7-18)32(3)16-24(33)34)25-22-13-8-19(28)14-23(22)30-27(25)35/h4-14,29H,15-16H2,1-3H3,(H,30,35)(H,33,34)/b26-25-. The molecular weight excluding hydrogens is 447 g/mol. The zero-order chi connectivity index (χ0) is 25.1. The van der Waals surface area contributed by atoms with E-state index in [-0.39, 0.29) is 12.5 Å². The molecule has 35 heavy (non-hydrogen) atoms. The van der Waals surface area contributed by atoms with E-state index in [1.165, 1.54) is 12.1 Å². The highest BCUT2D eigenvalue weighted by atomic mass is 19.1. The predicted molar refractivity (Wildman–Crippen MR) is 137 cm³/mol. The average molecular weight is 475 g/mol. The second kappa shape index (κ2) is 9.99. The summed E-state index contributed by atoms with van der Waals surface area (Å²) < 4.78 is 13.8. The number of nitrogens with one attached hydrogen (secondary N) is 2. The number of carbonyl (C=O) groups is 2. The van der Waals surface area contributed by atoms with Crippen molar-refractivity contribution in [2.24, 2.45) is 0 Å². The van der Waals surface area contributed by atoms with E-state index < -0.39 is 11.8 Å². The van der Waals surface area contributed by atoms with Crippen molar-refractivity contribution in [2.45, 2.75) is 6.54 Å². The van der Waals surface area contributed by atoms with Gasteiger partial charge in [0.15, 0.2) is 0 Å². The van der Waals surface area contributed by atoms with Crippen LogP contribution in [-0.4, -0.2) is 49.6 Å². The zero-order valence-electron chi connectivity index (χ0n) is 19.8. The van der Waals surface area contributed by atoms with Crippen LogP contribution in [0.4, 0.5) is 21.5 Å². The topological polar surface area (TPSA) is 84.9 Å². The lowest BCUT2D eigenvalue weighted by Gasteiger charge is -2.19. The van der Waals surface area contributed by atoms with Gasteiger partial charge in [-0.1, -0.05) is 24.3 Å². The molecule has 0 aromatic heterocycles. The Morgan fingerprint density at radius 2 is 1.69 bits per heavy atom. The molecule has 0 saturated heterocycles. The lowest BCUT2D eigenvalue weighted by Crippen LogP contribution is -2.24. The Balaban J connectivity index is 1.76. The van der Waals surface area contributed by atoms with E-state index in [2.05, 4.69) is 15.5 Å². The number of rotatable bonds is 8. The number of nitrogens with zero attached hydrogens (tertiary/aromatic N) is 2. The Hall–Kier alpha value is -4.17. The van der Waals surface area contributed by atoms with E-state index in [1.807, 2.05) is 50.5 Å². The van der Waals surface area contributed by atoms with E-state index >= 15 is 0 Å². The number of fused-ring (bicyclic) bond motifs is 1. The van der Waals surface area contributed by atoms with Crippen LogP contribution >= 0.6 is 0 Å². The van der Waals surface area contributed by atoms with Crippen molar-refractivity contribution in [2.75, 3.05) is 43.2 Å². The zero-order valence-corrected chi connectivity index (χ0v) is 19.8. The number of carboxylic acids is 1. The van der Waals surface area contributed by atoms with Gasteiger partial charge in [0, 0.05) is 30.5 Å². The Bertz CT molecular complexity index is 1280. The van der Waals surface area contributed by atoms with Crippen LogP contribution < -0.4 is 15.5 Å². The second-order valence-electron chi connectivity index (χ2n) is 8.75. The van der Waals surface area contributed by atoms with E-state index in [1.54, 1.807) is 30.1 Å². The Morgan fingerprint density at radius 3 is 2.31 bits per heavy atom. The highest BCUT2D eigenvalue weighted by Gasteiger charge is 2.29. The minimum absolute atomic E-state index is 0.133. The maximum absolute atomic E-state index is 13.8. The van der Waals surface area contributed by atoms with Crippen LogP contribution in [0.25, 0.3) is 11.3 Å². The van der Waals surface area contributed by atoms with Gasteiger partial charge in [-0.25, -0.2) is 4.39 Å². The molecule has 0 bridgehead atoms. The minimum Gasteiger partial charge on any atom is -0.480 e. The van der Waals surface area contributed by atoms with Crippen molar-refractivity contribution in [3.8, 4) is 0 Å². The highest BCUT2D eigenvalue weighted by Crippen LogP contribution is 2.38. The lowest BCUT2D eigenvalue weighted by molar-refractivity contribution is -0.135. The van der Waals surface area contributed by atoms with Crippen molar-refractivity contribution in [3.05, 3.63) is 89.2 Å². The summed E-state index contributed by atoms with van der Waals surface area (Å²) in [6.07, 6.45) is 0. The minimum atomic E-state index is -0.926. The van der Waals surface area contributed by atoms with Crippen LogP contribution in [0.15, 0.2) is 66.7 Å². The van der Waals surface area contributed by atoms with Crippen LogP contribution in [0, 0.1) is 5.82 Å². The molecular formula is C27H27FN4O3. The van der Waals surface area contributed by atoms with Crippen molar-refractivity contribution in [1.82, 2.24) is 4.90 Å². The van der Waals surface area contributed by atoms with E-state index in [9.17, 15) is 14.0 Å². The van der Waals surface area contributed by atoms with Gasteiger partial charge in [-0.2, -0.15) is 0 Å². The molecule has 3 aromatic rings. The molecule has 0 fully saturated rings. The third-order valence-corrected chi connectivity index (χ3v) is 5.67. The van der Waals surface area contributed by atoms with Crippen LogP contribution in [0.3, 0.4) is 0 Å². The summed E-state index contributed by atoms with van der Waals surface area (Å²) in [6.45, 7) is 0.674. The van der Waals surface area contributed by atoms with E-state index in [0.717, 1.165) is 29.0 Å². The quantitative estimate of drug-likeness (QED) is 0.421. The fourth-order valence-corrected chi connectivity index (χ4v) is 4.05. The molecule has 0 aliphatic carbocycles. The monoisotopic (exact) mass is 474 g/mol. The first-order chi connectivity index (χ1) is 16.7. The number of carbonyl (C=O) groups excluding carboxylic acids is 1. The van der Waals surface area contributed by atoms with Crippen LogP contribution in [0.5, 0.6) is 0 Å². The van der Waals surface area contributed by atoms with Gasteiger partial charge in [0.1, 0.15) is 12.4 Å². The number of likely N-dealkylation sites (N-methyl/N-ethyl adjacent to an activating group) is 1. The summed E-state index contributed by atoms with van der Waals surface area (Å²) in [4.78, 5) is 27.8. The molecule has 0 radical (unpaired) electrons. The Labute approximate surface area is 203 Å². The van der Waals surface area contributed by atoms with Crippen LogP contribution in [0.1, 0.15) is 16.7 Å². The maximum Gasteiger partial charge on any atom is 0.323 e. The molecule has 180 valence electrons. The van der Waals surface area contributed by atoms with E-state index in [0.29, 0.717) is 22.5 Å². The fourth-order valence-electron chi connectivity index (χ4n) is 4.05. The smallest absolute Gasteiger partial charge is 0.323 e. The number of hydrogen-bond acceptors (Lipinski definition) is 5. The van der Waals surface area contributed by atoms with Gasteiger partial charge in [0.2, 0.25) is 0 Å². The summed E-state index contributed by atoms with van der Waals surface area (Å²) in [6, 6.07) is 19.4. The number of benzene rings is 3. The number of amides is 1. The molecule has 1 aliphatic heterocycles. The molecule has 0 saturated carbocycles. The first-order valence-corrected chi connectivity index (χ1v) is 11.1. The largest absolute Gasteiger partial charge is 0.480 e. The third-order valence-electron chi connectivity index (χ3n) is 5.67. The number of halogens is 1. The maximum atomic E-state index is 13.8. The van der Waals surface area contributed by atoms with Crippen molar-refractivity contribution in [3.63, 3.8) is 0 Å². The summed E-state index contributed by atoms with van der Waals surface area (Å²) in [5, 5.41) is 15.2. The first kappa shape index (κ1) is 24.0. The summed E-state index contributed by atoms with van der Waals surface area (Å²) >= 11 is 0. The summed E-state index contributed by atoms with van der Waals surface area (Å²) in [5.74, 6) is -1.68. The summed E-state index contributed by atoms with van der Waals surface area (Å²) in [7, 11) is 5.71. The Kier molecular flexibility index (Phi) is 6.84. The molecule has 7 nitrogen and oxygen atoms in total. The van der Waals surface area contributed by atoms with Crippen LogP contribution in [0.2, 0.25) is 0 Å². The molecule has 3 N–H and O–H groups in total. The second-order valence-corrected chi connectivity index (χ2v) is 8.75. The Morgan fingerprint density at radius 1 is 1.00 bits per heavy atom. The molecule has 3 aromatic carbocycles. The van der Waals surface area contributed by atoms with Crippen LogP contribution in [-0.2, 0) is 16.1 Å². The van der Waals surface area contributed by atoms with Crippen molar-refractivity contribution in [1.29, 1.82) is 0 Å². The van der Waals surface area contributed by atoms with Gasteiger partial charge in [-0.05, 0) is 67.7 Å². The predicted octanol–water partition coefficient (Wildman–Crippen LogP) is 4.34. The molecule has 0 spiro atoms. The lowest BCUT2D eigenvalue weighted by atomic mass is 9.99. The number of carboxylic acid groups (broad SMARTS) is 1.